The van der Waals surface area contributed by atoms with Crippen LogP contribution >= 0.6 is 0 Å². The summed E-state index contributed by atoms with van der Waals surface area (Å²) in [6, 6.07) is 15.6. The Balaban J connectivity index is 1.70. The van der Waals surface area contributed by atoms with E-state index in [0.29, 0.717) is 37.6 Å². The van der Waals surface area contributed by atoms with Gasteiger partial charge < -0.3 is 9.80 Å². The summed E-state index contributed by atoms with van der Waals surface area (Å²) in [6.45, 7) is 6.59. The van der Waals surface area contributed by atoms with Crippen LogP contribution in [-0.4, -0.2) is 42.0 Å². The maximum Gasteiger partial charge on any atom is 0.232 e. The highest BCUT2D eigenvalue weighted by molar-refractivity contribution is 5.87. The zero-order chi connectivity index (χ0) is 17.9. The second kappa shape index (κ2) is 6.94. The Bertz CT molecular complexity index is 787. The standard InChI is InChI=1S/C20H22N4O/c1-20(2,17-8-4-3-5-9-17)19(25)24-13-11-23(12-14-24)18-16(15-21)7-6-10-22-18/h3-10H,11-14H2,1-2H3. The molecule has 0 atom stereocenters. The first-order chi connectivity index (χ1) is 12.0. The molecule has 1 aromatic carbocycles. The van der Waals surface area contributed by atoms with E-state index < -0.39 is 5.41 Å². The van der Waals surface area contributed by atoms with Crippen molar-refractivity contribution in [3.63, 3.8) is 0 Å². The quantitative estimate of drug-likeness (QED) is 0.865. The van der Waals surface area contributed by atoms with Gasteiger partial charge in [0.2, 0.25) is 5.91 Å². The van der Waals surface area contributed by atoms with Crippen LogP contribution < -0.4 is 4.90 Å². The molecule has 1 aromatic heterocycles. The van der Waals surface area contributed by atoms with E-state index in [0.717, 1.165) is 5.56 Å². The van der Waals surface area contributed by atoms with Crippen molar-refractivity contribution >= 4 is 11.7 Å². The van der Waals surface area contributed by atoms with E-state index in [1.54, 1.807) is 18.3 Å². The van der Waals surface area contributed by atoms with E-state index in [2.05, 4.69) is 16.0 Å². The summed E-state index contributed by atoms with van der Waals surface area (Å²) in [5.41, 5.74) is 1.05. The number of hydrogen-bond acceptors (Lipinski definition) is 4. The van der Waals surface area contributed by atoms with Gasteiger partial charge in [0, 0.05) is 32.4 Å². The number of piperazine rings is 1. The Kier molecular flexibility index (Phi) is 4.71. The number of carbonyl (C=O) groups excluding carboxylic acids is 1. The molecule has 0 aliphatic carbocycles. The molecule has 5 heteroatoms. The predicted molar refractivity (Wildman–Crippen MR) is 97.2 cm³/mol. The smallest absolute Gasteiger partial charge is 0.232 e. The van der Waals surface area contributed by atoms with Crippen molar-refractivity contribution in [2.45, 2.75) is 19.3 Å². The number of benzene rings is 1. The SMILES string of the molecule is CC(C)(C(=O)N1CCN(c2ncccc2C#N)CC1)c1ccccc1. The lowest BCUT2D eigenvalue weighted by atomic mass is 9.83. The molecule has 25 heavy (non-hydrogen) atoms. The van der Waals surface area contributed by atoms with Crippen LogP contribution in [0.5, 0.6) is 0 Å². The van der Waals surface area contributed by atoms with Gasteiger partial charge in [-0.2, -0.15) is 5.26 Å². The van der Waals surface area contributed by atoms with Crippen LogP contribution in [0.1, 0.15) is 25.0 Å². The van der Waals surface area contributed by atoms with Crippen LogP contribution in [0.25, 0.3) is 0 Å². The molecule has 5 nitrogen and oxygen atoms in total. The van der Waals surface area contributed by atoms with Gasteiger partial charge in [0.15, 0.2) is 0 Å². The Morgan fingerprint density at radius 1 is 1.08 bits per heavy atom. The summed E-state index contributed by atoms with van der Waals surface area (Å²) < 4.78 is 0. The molecule has 1 fully saturated rings. The second-order valence-electron chi connectivity index (χ2n) is 6.76. The summed E-state index contributed by atoms with van der Waals surface area (Å²) in [5, 5.41) is 9.24. The molecule has 3 rings (SSSR count). The number of pyridine rings is 1. The Morgan fingerprint density at radius 2 is 1.76 bits per heavy atom. The zero-order valence-electron chi connectivity index (χ0n) is 14.6. The molecule has 1 amide bonds. The molecule has 0 N–H and O–H groups in total. The first-order valence-electron chi connectivity index (χ1n) is 8.49. The van der Waals surface area contributed by atoms with E-state index in [1.165, 1.54) is 0 Å². The fraction of sp³-hybridized carbons (Fsp3) is 0.350. The van der Waals surface area contributed by atoms with Crippen molar-refractivity contribution in [1.82, 2.24) is 9.88 Å². The highest BCUT2D eigenvalue weighted by Crippen LogP contribution is 2.27. The molecular weight excluding hydrogens is 312 g/mol. The predicted octanol–water partition coefficient (Wildman–Crippen LogP) is 2.58. The Hall–Kier alpha value is -2.87. The average Bonchev–Trinajstić information content (AvgIpc) is 2.68. The fourth-order valence-corrected chi connectivity index (χ4v) is 3.23. The van der Waals surface area contributed by atoms with Gasteiger partial charge in [0.05, 0.1) is 11.0 Å². The first-order valence-corrected chi connectivity index (χ1v) is 8.49. The number of carbonyl (C=O) groups is 1. The van der Waals surface area contributed by atoms with Crippen LogP contribution in [0.15, 0.2) is 48.7 Å². The van der Waals surface area contributed by atoms with Crippen molar-refractivity contribution < 1.29 is 4.79 Å². The van der Waals surface area contributed by atoms with Crippen LogP contribution in [0, 0.1) is 11.3 Å². The highest BCUT2D eigenvalue weighted by Gasteiger charge is 2.35. The Morgan fingerprint density at radius 3 is 2.40 bits per heavy atom. The minimum atomic E-state index is -0.549. The van der Waals surface area contributed by atoms with Gasteiger partial charge >= 0.3 is 0 Å². The van der Waals surface area contributed by atoms with Crippen molar-refractivity contribution in [2.24, 2.45) is 0 Å². The van der Waals surface area contributed by atoms with Crippen molar-refractivity contribution in [3.05, 3.63) is 59.8 Å². The average molecular weight is 334 g/mol. The second-order valence-corrected chi connectivity index (χ2v) is 6.76. The summed E-state index contributed by atoms with van der Waals surface area (Å²) in [5.74, 6) is 0.847. The molecule has 0 saturated carbocycles. The largest absolute Gasteiger partial charge is 0.352 e. The minimum Gasteiger partial charge on any atom is -0.352 e. The minimum absolute atomic E-state index is 0.139. The zero-order valence-corrected chi connectivity index (χ0v) is 14.6. The van der Waals surface area contributed by atoms with E-state index in [-0.39, 0.29) is 5.91 Å². The summed E-state index contributed by atoms with van der Waals surface area (Å²) in [6.07, 6.45) is 1.70. The van der Waals surface area contributed by atoms with E-state index in [4.69, 9.17) is 0 Å². The van der Waals surface area contributed by atoms with Crippen LogP contribution in [0.4, 0.5) is 5.82 Å². The van der Waals surface area contributed by atoms with Gasteiger partial charge in [-0.15, -0.1) is 0 Å². The van der Waals surface area contributed by atoms with Gasteiger partial charge in [-0.1, -0.05) is 30.3 Å². The molecule has 2 aromatic rings. The third kappa shape index (κ3) is 3.34. The topological polar surface area (TPSA) is 60.2 Å². The van der Waals surface area contributed by atoms with Crippen molar-refractivity contribution in [2.75, 3.05) is 31.1 Å². The van der Waals surface area contributed by atoms with E-state index in [9.17, 15) is 10.1 Å². The maximum absolute atomic E-state index is 13.0. The number of hydrogen-bond donors (Lipinski definition) is 0. The molecule has 1 aliphatic heterocycles. The molecule has 0 bridgehead atoms. The van der Waals surface area contributed by atoms with E-state index in [1.807, 2.05) is 49.1 Å². The monoisotopic (exact) mass is 334 g/mol. The lowest BCUT2D eigenvalue weighted by Crippen LogP contribution is -2.53. The van der Waals surface area contributed by atoms with Crippen molar-refractivity contribution in [1.29, 1.82) is 5.26 Å². The number of rotatable bonds is 3. The van der Waals surface area contributed by atoms with Crippen LogP contribution in [0.3, 0.4) is 0 Å². The molecule has 128 valence electrons. The lowest BCUT2D eigenvalue weighted by Gasteiger charge is -2.39. The number of anilines is 1. The number of nitriles is 1. The summed E-state index contributed by atoms with van der Waals surface area (Å²) in [7, 11) is 0. The highest BCUT2D eigenvalue weighted by atomic mass is 16.2. The van der Waals surface area contributed by atoms with Gasteiger partial charge in [-0.25, -0.2) is 4.98 Å². The number of aromatic nitrogens is 1. The van der Waals surface area contributed by atoms with Gasteiger partial charge in [-0.05, 0) is 31.5 Å². The summed E-state index contributed by atoms with van der Waals surface area (Å²) in [4.78, 5) is 21.4. The molecule has 1 saturated heterocycles. The van der Waals surface area contributed by atoms with Crippen molar-refractivity contribution in [3.8, 4) is 6.07 Å². The van der Waals surface area contributed by atoms with Gasteiger partial charge in [0.25, 0.3) is 0 Å². The Labute approximate surface area is 148 Å². The number of nitrogens with zero attached hydrogens (tertiary/aromatic N) is 4. The lowest BCUT2D eigenvalue weighted by molar-refractivity contribution is -0.136. The maximum atomic E-state index is 13.0. The number of amides is 1. The normalized spacial score (nSPS) is 14.9. The van der Waals surface area contributed by atoms with Crippen LogP contribution in [0.2, 0.25) is 0 Å². The third-order valence-electron chi connectivity index (χ3n) is 4.80. The molecule has 1 aliphatic rings. The fourth-order valence-electron chi connectivity index (χ4n) is 3.23. The molecular formula is C20H22N4O. The van der Waals surface area contributed by atoms with E-state index >= 15 is 0 Å². The van der Waals surface area contributed by atoms with Crippen LogP contribution in [-0.2, 0) is 10.2 Å². The molecule has 0 spiro atoms. The summed E-state index contributed by atoms with van der Waals surface area (Å²) >= 11 is 0. The van der Waals surface area contributed by atoms with Gasteiger partial charge in [-0.3, -0.25) is 4.79 Å². The third-order valence-corrected chi connectivity index (χ3v) is 4.80. The van der Waals surface area contributed by atoms with Gasteiger partial charge in [0.1, 0.15) is 11.9 Å². The molecule has 0 unspecified atom stereocenters. The molecule has 2 heterocycles. The first kappa shape index (κ1) is 17.0. The molecule has 0 radical (unpaired) electrons.